The highest BCUT2D eigenvalue weighted by molar-refractivity contribution is 5.70. The topological polar surface area (TPSA) is 95.7 Å². The Bertz CT molecular complexity index is 308. The summed E-state index contributed by atoms with van der Waals surface area (Å²) in [5, 5.41) is 11.3. The maximum absolute atomic E-state index is 11.3. The van der Waals surface area contributed by atoms with Crippen molar-refractivity contribution in [1.29, 1.82) is 0 Å². The average Bonchev–Trinajstić information content (AvgIpc) is 2.40. The van der Waals surface area contributed by atoms with E-state index in [0.29, 0.717) is 12.8 Å². The van der Waals surface area contributed by atoms with Gasteiger partial charge in [-0.25, -0.2) is 0 Å². The SMILES string of the molecule is CCCC(CCC(=O)OC)(CCC(=O)OC)[N+](=O)[O-]. The molecule has 0 aromatic carbocycles. The standard InChI is InChI=1S/C12H21NO6/c1-4-7-12(13(16)17,8-5-10(14)18-2)9-6-11(15)19-3/h4-9H2,1-3H3. The molecule has 110 valence electrons. The maximum atomic E-state index is 11.3. The Balaban J connectivity index is 4.81. The Labute approximate surface area is 112 Å². The van der Waals surface area contributed by atoms with Crippen molar-refractivity contribution in [2.24, 2.45) is 0 Å². The first-order valence-electron chi connectivity index (χ1n) is 6.20. The third-order valence-electron chi connectivity index (χ3n) is 3.15. The second-order valence-electron chi connectivity index (χ2n) is 4.38. The van der Waals surface area contributed by atoms with Crippen molar-refractivity contribution >= 4 is 11.9 Å². The van der Waals surface area contributed by atoms with E-state index in [1.807, 2.05) is 6.92 Å². The summed E-state index contributed by atoms with van der Waals surface area (Å²) in [7, 11) is 2.48. The van der Waals surface area contributed by atoms with Crippen LogP contribution < -0.4 is 0 Å². The summed E-state index contributed by atoms with van der Waals surface area (Å²) >= 11 is 0. The molecule has 0 aliphatic carbocycles. The van der Waals surface area contributed by atoms with Crippen LogP contribution in [0.5, 0.6) is 0 Å². The summed E-state index contributed by atoms with van der Waals surface area (Å²) in [5.74, 6) is -0.971. The molecule has 0 N–H and O–H groups in total. The van der Waals surface area contributed by atoms with E-state index in [2.05, 4.69) is 9.47 Å². The molecule has 0 bridgehead atoms. The van der Waals surface area contributed by atoms with E-state index in [4.69, 9.17) is 0 Å². The molecule has 0 unspecified atom stereocenters. The molecule has 0 aromatic heterocycles. The first-order chi connectivity index (χ1) is 8.91. The third kappa shape index (κ3) is 5.67. The van der Waals surface area contributed by atoms with Crippen LogP contribution in [0.25, 0.3) is 0 Å². The van der Waals surface area contributed by atoms with Crippen LogP contribution in [0.15, 0.2) is 0 Å². The highest BCUT2D eigenvalue weighted by Gasteiger charge is 2.42. The van der Waals surface area contributed by atoms with Crippen LogP contribution in [0.2, 0.25) is 0 Å². The predicted octanol–water partition coefficient (Wildman–Crippen LogP) is 1.71. The molecule has 19 heavy (non-hydrogen) atoms. The highest BCUT2D eigenvalue weighted by Crippen LogP contribution is 2.29. The van der Waals surface area contributed by atoms with E-state index in [1.54, 1.807) is 0 Å². The summed E-state index contributed by atoms with van der Waals surface area (Å²) < 4.78 is 8.99. The van der Waals surface area contributed by atoms with Gasteiger partial charge >= 0.3 is 11.9 Å². The number of carbonyl (C=O) groups is 2. The molecule has 0 amide bonds. The van der Waals surface area contributed by atoms with Gasteiger partial charge in [-0.2, -0.15) is 0 Å². The third-order valence-corrected chi connectivity index (χ3v) is 3.15. The number of rotatable bonds is 9. The smallest absolute Gasteiger partial charge is 0.305 e. The zero-order valence-electron chi connectivity index (χ0n) is 11.6. The Morgan fingerprint density at radius 3 is 1.74 bits per heavy atom. The lowest BCUT2D eigenvalue weighted by molar-refractivity contribution is -0.573. The molecule has 7 heteroatoms. The number of esters is 2. The molecule has 0 aliphatic heterocycles. The van der Waals surface area contributed by atoms with E-state index >= 15 is 0 Å². The molecular weight excluding hydrogens is 254 g/mol. The summed E-state index contributed by atoms with van der Waals surface area (Å²) in [4.78, 5) is 33.2. The maximum Gasteiger partial charge on any atom is 0.305 e. The van der Waals surface area contributed by atoms with Crippen molar-refractivity contribution in [3.8, 4) is 0 Å². The van der Waals surface area contributed by atoms with Crippen molar-refractivity contribution in [2.75, 3.05) is 14.2 Å². The van der Waals surface area contributed by atoms with Crippen LogP contribution in [-0.4, -0.2) is 36.6 Å². The monoisotopic (exact) mass is 275 g/mol. The number of nitro groups is 1. The molecule has 0 rings (SSSR count). The molecule has 0 fully saturated rings. The normalized spacial score (nSPS) is 10.9. The zero-order chi connectivity index (χ0) is 14.9. The zero-order valence-corrected chi connectivity index (χ0v) is 11.6. The van der Waals surface area contributed by atoms with Gasteiger partial charge in [0.15, 0.2) is 0 Å². The molecule has 0 spiro atoms. The molecule has 0 atom stereocenters. The second-order valence-corrected chi connectivity index (χ2v) is 4.38. The number of hydrogen-bond acceptors (Lipinski definition) is 6. The minimum atomic E-state index is -1.27. The molecule has 0 radical (unpaired) electrons. The van der Waals surface area contributed by atoms with Gasteiger partial charge in [0.25, 0.3) is 0 Å². The van der Waals surface area contributed by atoms with Crippen LogP contribution >= 0.6 is 0 Å². The number of carbonyl (C=O) groups excluding carboxylic acids is 2. The first kappa shape index (κ1) is 17.3. The number of ether oxygens (including phenoxy) is 2. The van der Waals surface area contributed by atoms with Crippen LogP contribution in [-0.2, 0) is 19.1 Å². The van der Waals surface area contributed by atoms with Crippen molar-refractivity contribution in [3.63, 3.8) is 0 Å². The van der Waals surface area contributed by atoms with E-state index in [1.165, 1.54) is 14.2 Å². The van der Waals surface area contributed by atoms with Crippen molar-refractivity contribution in [3.05, 3.63) is 10.1 Å². The van der Waals surface area contributed by atoms with Gasteiger partial charge in [0.1, 0.15) is 0 Å². The summed E-state index contributed by atoms with van der Waals surface area (Å²) in [6.45, 7) is 1.83. The van der Waals surface area contributed by atoms with Gasteiger partial charge in [-0.15, -0.1) is 0 Å². The van der Waals surface area contributed by atoms with Crippen LogP contribution in [0.4, 0.5) is 0 Å². The molecule has 0 aromatic rings. The highest BCUT2D eigenvalue weighted by atomic mass is 16.6. The summed E-state index contributed by atoms with van der Waals surface area (Å²) in [6.07, 6.45) is 0.990. The molecule has 0 saturated carbocycles. The van der Waals surface area contributed by atoms with Gasteiger partial charge in [-0.3, -0.25) is 19.7 Å². The second kappa shape index (κ2) is 8.44. The van der Waals surface area contributed by atoms with E-state index in [0.717, 1.165) is 0 Å². The lowest BCUT2D eigenvalue weighted by atomic mass is 9.84. The Kier molecular flexibility index (Phi) is 7.71. The number of nitrogens with zero attached hydrogens (tertiary/aromatic N) is 1. The Hall–Kier alpha value is -1.66. The van der Waals surface area contributed by atoms with Gasteiger partial charge < -0.3 is 9.47 Å². The van der Waals surface area contributed by atoms with Gasteiger partial charge in [0.05, 0.1) is 27.1 Å². The van der Waals surface area contributed by atoms with E-state index in [9.17, 15) is 19.7 Å². The van der Waals surface area contributed by atoms with Gasteiger partial charge in [-0.05, 0) is 6.42 Å². The van der Waals surface area contributed by atoms with Crippen molar-refractivity contribution in [2.45, 2.75) is 51.0 Å². The molecule has 0 aliphatic rings. The fourth-order valence-electron chi connectivity index (χ4n) is 1.99. The van der Waals surface area contributed by atoms with Crippen LogP contribution in [0.3, 0.4) is 0 Å². The lowest BCUT2D eigenvalue weighted by Gasteiger charge is -2.24. The fourth-order valence-corrected chi connectivity index (χ4v) is 1.99. The molecule has 0 saturated heterocycles. The Morgan fingerprint density at radius 1 is 1.05 bits per heavy atom. The lowest BCUT2D eigenvalue weighted by Crippen LogP contribution is -2.39. The predicted molar refractivity (Wildman–Crippen MR) is 67.1 cm³/mol. The van der Waals surface area contributed by atoms with Crippen molar-refractivity contribution < 1.29 is 24.0 Å². The minimum absolute atomic E-state index is 0.0291. The first-order valence-corrected chi connectivity index (χ1v) is 6.20. The quantitative estimate of drug-likeness (QED) is 0.361. The van der Waals surface area contributed by atoms with Crippen molar-refractivity contribution in [1.82, 2.24) is 0 Å². The molecular formula is C12H21NO6. The van der Waals surface area contributed by atoms with Crippen LogP contribution in [0, 0.1) is 10.1 Å². The van der Waals surface area contributed by atoms with Gasteiger partial charge in [-0.1, -0.05) is 6.92 Å². The minimum Gasteiger partial charge on any atom is -0.469 e. The summed E-state index contributed by atoms with van der Waals surface area (Å²) in [6, 6.07) is 0. The van der Waals surface area contributed by atoms with E-state index in [-0.39, 0.29) is 30.6 Å². The number of hydrogen-bond donors (Lipinski definition) is 0. The fraction of sp³-hybridized carbons (Fsp3) is 0.833. The number of methoxy groups -OCH3 is 2. The Morgan fingerprint density at radius 2 is 1.47 bits per heavy atom. The van der Waals surface area contributed by atoms with E-state index < -0.39 is 17.5 Å². The van der Waals surface area contributed by atoms with Gasteiger partial charge in [0.2, 0.25) is 5.54 Å². The van der Waals surface area contributed by atoms with Gasteiger partial charge in [0, 0.05) is 24.2 Å². The largest absolute Gasteiger partial charge is 0.469 e. The molecule has 0 heterocycles. The average molecular weight is 275 g/mol. The van der Waals surface area contributed by atoms with Crippen LogP contribution in [0.1, 0.15) is 45.4 Å². The summed E-state index contributed by atoms with van der Waals surface area (Å²) in [5.41, 5.74) is -1.27. The molecule has 7 nitrogen and oxygen atoms in total.